The SMILES string of the molecule is CCCCC[C@H]1CC[C@H](C2OCC(C)(C(=O)O[C@H]3CC[C@H](CCCC)CC3)CO2)CC1. The summed E-state index contributed by atoms with van der Waals surface area (Å²) in [7, 11) is 0. The van der Waals surface area contributed by atoms with Crippen LogP contribution in [0.5, 0.6) is 0 Å². The molecule has 0 unspecified atom stereocenters. The van der Waals surface area contributed by atoms with Crippen molar-refractivity contribution >= 4 is 5.97 Å². The van der Waals surface area contributed by atoms with Crippen molar-refractivity contribution in [2.24, 2.45) is 23.2 Å². The monoisotopic (exact) mass is 436 g/mol. The van der Waals surface area contributed by atoms with Gasteiger partial charge in [0, 0.05) is 5.92 Å². The molecular weight excluding hydrogens is 388 g/mol. The van der Waals surface area contributed by atoms with E-state index in [4.69, 9.17) is 14.2 Å². The normalized spacial score (nSPS) is 36.8. The Balaban J connectivity index is 1.35. The van der Waals surface area contributed by atoms with Crippen molar-refractivity contribution in [1.29, 1.82) is 0 Å². The van der Waals surface area contributed by atoms with Crippen molar-refractivity contribution in [3.05, 3.63) is 0 Å². The second kappa shape index (κ2) is 12.6. The molecule has 0 aromatic carbocycles. The minimum Gasteiger partial charge on any atom is -0.462 e. The van der Waals surface area contributed by atoms with Crippen LogP contribution >= 0.6 is 0 Å². The summed E-state index contributed by atoms with van der Waals surface area (Å²) in [6, 6.07) is 0. The lowest BCUT2D eigenvalue weighted by atomic mass is 9.79. The largest absolute Gasteiger partial charge is 0.462 e. The molecule has 3 fully saturated rings. The second-order valence-electron chi connectivity index (χ2n) is 11.0. The average molecular weight is 437 g/mol. The molecule has 0 aromatic rings. The van der Waals surface area contributed by atoms with Crippen LogP contribution in [-0.2, 0) is 19.0 Å². The van der Waals surface area contributed by atoms with E-state index in [2.05, 4.69) is 13.8 Å². The minimum absolute atomic E-state index is 0.0860. The highest BCUT2D eigenvalue weighted by molar-refractivity contribution is 5.77. The second-order valence-corrected chi connectivity index (χ2v) is 11.0. The van der Waals surface area contributed by atoms with Gasteiger partial charge >= 0.3 is 5.97 Å². The highest BCUT2D eigenvalue weighted by Crippen LogP contribution is 2.38. The van der Waals surface area contributed by atoms with Crippen LogP contribution in [0.2, 0.25) is 0 Å². The third-order valence-corrected chi connectivity index (χ3v) is 8.15. The molecule has 1 aliphatic heterocycles. The van der Waals surface area contributed by atoms with E-state index >= 15 is 0 Å². The first kappa shape index (κ1) is 25.0. The van der Waals surface area contributed by atoms with Gasteiger partial charge in [-0.2, -0.15) is 0 Å². The zero-order chi connectivity index (χ0) is 22.1. The zero-order valence-corrected chi connectivity index (χ0v) is 20.5. The van der Waals surface area contributed by atoms with Gasteiger partial charge in [-0.1, -0.05) is 58.8 Å². The number of rotatable bonds is 10. The molecule has 4 nitrogen and oxygen atoms in total. The van der Waals surface area contributed by atoms with Gasteiger partial charge in [-0.05, 0) is 70.1 Å². The van der Waals surface area contributed by atoms with Crippen molar-refractivity contribution in [1.82, 2.24) is 0 Å². The van der Waals surface area contributed by atoms with Crippen molar-refractivity contribution in [2.45, 2.75) is 129 Å². The number of hydrogen-bond acceptors (Lipinski definition) is 4. The third kappa shape index (κ3) is 7.45. The Hall–Kier alpha value is -0.610. The molecule has 0 radical (unpaired) electrons. The quantitative estimate of drug-likeness (QED) is 0.272. The molecular formula is C27H48O4. The number of carbonyl (C=O) groups excluding carboxylic acids is 1. The molecule has 2 saturated carbocycles. The third-order valence-electron chi connectivity index (χ3n) is 8.15. The van der Waals surface area contributed by atoms with E-state index in [1.54, 1.807) is 0 Å². The smallest absolute Gasteiger partial charge is 0.316 e. The van der Waals surface area contributed by atoms with Crippen molar-refractivity contribution in [3.8, 4) is 0 Å². The molecule has 0 amide bonds. The summed E-state index contributed by atoms with van der Waals surface area (Å²) in [5.74, 6) is 2.09. The molecule has 0 N–H and O–H groups in total. The Morgan fingerprint density at radius 3 is 1.94 bits per heavy atom. The van der Waals surface area contributed by atoms with Crippen LogP contribution in [0.15, 0.2) is 0 Å². The predicted octanol–water partition coefficient (Wildman–Crippen LogP) is 7.04. The first-order chi connectivity index (χ1) is 15.0. The number of esters is 1. The molecule has 1 heterocycles. The molecule has 4 heteroatoms. The maximum Gasteiger partial charge on any atom is 0.316 e. The van der Waals surface area contributed by atoms with E-state index in [-0.39, 0.29) is 18.4 Å². The number of unbranched alkanes of at least 4 members (excludes halogenated alkanes) is 3. The van der Waals surface area contributed by atoms with Crippen LogP contribution in [0.1, 0.15) is 117 Å². The number of ether oxygens (including phenoxy) is 3. The van der Waals surface area contributed by atoms with Gasteiger partial charge < -0.3 is 14.2 Å². The fourth-order valence-corrected chi connectivity index (χ4v) is 5.77. The summed E-state index contributed by atoms with van der Waals surface area (Å²) >= 11 is 0. The lowest BCUT2D eigenvalue weighted by molar-refractivity contribution is -0.254. The molecule has 180 valence electrons. The Bertz CT molecular complexity index is 509. The topological polar surface area (TPSA) is 44.8 Å². The first-order valence-corrected chi connectivity index (χ1v) is 13.5. The van der Waals surface area contributed by atoms with Crippen LogP contribution in [0.3, 0.4) is 0 Å². The van der Waals surface area contributed by atoms with E-state index in [1.165, 1.54) is 83.5 Å². The minimum atomic E-state index is -0.660. The summed E-state index contributed by atoms with van der Waals surface area (Å²) in [4.78, 5) is 12.9. The van der Waals surface area contributed by atoms with Crippen LogP contribution in [0.4, 0.5) is 0 Å². The predicted molar refractivity (Wildman–Crippen MR) is 125 cm³/mol. The van der Waals surface area contributed by atoms with Crippen LogP contribution in [0.25, 0.3) is 0 Å². The van der Waals surface area contributed by atoms with E-state index in [9.17, 15) is 4.79 Å². The highest BCUT2D eigenvalue weighted by Gasteiger charge is 2.44. The molecule has 0 atom stereocenters. The van der Waals surface area contributed by atoms with Gasteiger partial charge in [0.25, 0.3) is 0 Å². The first-order valence-electron chi connectivity index (χ1n) is 13.5. The molecule has 3 aliphatic rings. The molecule has 2 aliphatic carbocycles. The van der Waals surface area contributed by atoms with Crippen LogP contribution < -0.4 is 0 Å². The summed E-state index contributed by atoms with van der Waals surface area (Å²) in [6.45, 7) is 7.34. The van der Waals surface area contributed by atoms with E-state index < -0.39 is 5.41 Å². The Morgan fingerprint density at radius 1 is 0.806 bits per heavy atom. The Labute approximate surface area is 191 Å². The van der Waals surface area contributed by atoms with E-state index in [0.717, 1.165) is 24.7 Å². The summed E-state index contributed by atoms with van der Waals surface area (Å²) in [5, 5.41) is 0. The fraction of sp³-hybridized carbons (Fsp3) is 0.963. The lowest BCUT2D eigenvalue weighted by Crippen LogP contribution is -2.49. The van der Waals surface area contributed by atoms with Gasteiger partial charge in [-0.25, -0.2) is 0 Å². The standard InChI is InChI=1S/C27H48O4/c1-4-6-8-10-22-11-15-23(16-12-22)25-29-19-27(3,20-30-25)26(28)31-24-17-13-21(14-18-24)9-7-5-2/h21-25H,4-20H2,1-3H3/t21-,22-,23-,24-,25?,27?. The Kier molecular flexibility index (Phi) is 10.2. The number of hydrogen-bond donors (Lipinski definition) is 0. The zero-order valence-electron chi connectivity index (χ0n) is 20.5. The van der Waals surface area contributed by atoms with Gasteiger partial charge in [0.2, 0.25) is 0 Å². The summed E-state index contributed by atoms with van der Waals surface area (Å²) in [5.41, 5.74) is -0.660. The average Bonchev–Trinajstić information content (AvgIpc) is 2.80. The van der Waals surface area contributed by atoms with E-state index in [1.807, 2.05) is 6.92 Å². The fourth-order valence-electron chi connectivity index (χ4n) is 5.77. The van der Waals surface area contributed by atoms with Gasteiger partial charge in [0.05, 0.1) is 13.2 Å². The molecule has 0 bridgehead atoms. The van der Waals surface area contributed by atoms with Crippen molar-refractivity contribution in [3.63, 3.8) is 0 Å². The van der Waals surface area contributed by atoms with Gasteiger partial charge in [-0.15, -0.1) is 0 Å². The Morgan fingerprint density at radius 2 is 1.35 bits per heavy atom. The van der Waals surface area contributed by atoms with Gasteiger partial charge in [0.1, 0.15) is 11.5 Å². The van der Waals surface area contributed by atoms with Gasteiger partial charge in [-0.3, -0.25) is 4.79 Å². The summed E-state index contributed by atoms with van der Waals surface area (Å²) < 4.78 is 18.2. The maximum atomic E-state index is 12.9. The van der Waals surface area contributed by atoms with Crippen LogP contribution in [-0.4, -0.2) is 31.6 Å². The van der Waals surface area contributed by atoms with Crippen molar-refractivity contribution in [2.75, 3.05) is 13.2 Å². The highest BCUT2D eigenvalue weighted by atomic mass is 16.7. The molecule has 31 heavy (non-hydrogen) atoms. The van der Waals surface area contributed by atoms with Crippen LogP contribution in [0, 0.1) is 23.2 Å². The molecule has 0 spiro atoms. The molecule has 3 rings (SSSR count). The van der Waals surface area contributed by atoms with E-state index in [0.29, 0.717) is 19.1 Å². The number of carbonyl (C=O) groups is 1. The van der Waals surface area contributed by atoms with Gasteiger partial charge in [0.15, 0.2) is 6.29 Å². The van der Waals surface area contributed by atoms with Crippen molar-refractivity contribution < 1.29 is 19.0 Å². The summed E-state index contributed by atoms with van der Waals surface area (Å²) in [6.07, 6.45) is 18.7. The molecule has 1 saturated heterocycles. The maximum absolute atomic E-state index is 12.9. The lowest BCUT2D eigenvalue weighted by Gasteiger charge is -2.41. The molecule has 0 aromatic heterocycles.